The number of amides is 1. The minimum atomic E-state index is 0.00983. The molecule has 0 spiro atoms. The van der Waals surface area contributed by atoms with Crippen molar-refractivity contribution in [1.82, 2.24) is 25.5 Å². The smallest absolute Gasteiger partial charge is 0.227 e. The minimum absolute atomic E-state index is 0.00983. The Hall–Kier alpha value is -2.24. The zero-order valence-corrected chi connectivity index (χ0v) is 12.6. The van der Waals surface area contributed by atoms with Gasteiger partial charge >= 0.3 is 0 Å². The number of hydrogen-bond acceptors (Lipinski definition) is 4. The summed E-state index contributed by atoms with van der Waals surface area (Å²) in [6, 6.07) is 5.89. The molecule has 0 aromatic carbocycles. The third-order valence-corrected chi connectivity index (χ3v) is 3.97. The van der Waals surface area contributed by atoms with E-state index >= 15 is 0 Å². The van der Waals surface area contributed by atoms with E-state index in [-0.39, 0.29) is 12.3 Å². The molecule has 0 aliphatic heterocycles. The summed E-state index contributed by atoms with van der Waals surface area (Å²) in [5.74, 6) is 1.11. The molecule has 2 N–H and O–H groups in total. The van der Waals surface area contributed by atoms with Crippen LogP contribution in [0.25, 0.3) is 11.5 Å². The fraction of sp³-hybridized carbons (Fsp3) is 0.500. The number of hydrogen-bond donors (Lipinski definition) is 2. The summed E-state index contributed by atoms with van der Waals surface area (Å²) in [5.41, 5.74) is 0.703. The largest absolute Gasteiger partial charge is 0.353 e. The van der Waals surface area contributed by atoms with E-state index in [9.17, 15) is 4.79 Å². The van der Waals surface area contributed by atoms with Crippen molar-refractivity contribution in [2.45, 2.75) is 51.0 Å². The zero-order chi connectivity index (χ0) is 15.2. The predicted molar refractivity (Wildman–Crippen MR) is 83.0 cm³/mol. The molecule has 2 aromatic heterocycles. The fourth-order valence-corrected chi connectivity index (χ4v) is 2.84. The molecule has 3 rings (SSSR count). The maximum absolute atomic E-state index is 12.1. The third kappa shape index (κ3) is 3.90. The second-order valence-electron chi connectivity index (χ2n) is 5.75. The molecule has 0 bridgehead atoms. The van der Waals surface area contributed by atoms with Crippen LogP contribution in [-0.2, 0) is 11.2 Å². The Kier molecular flexibility index (Phi) is 4.78. The summed E-state index contributed by atoms with van der Waals surface area (Å²) >= 11 is 0. The van der Waals surface area contributed by atoms with E-state index in [1.165, 1.54) is 25.7 Å². The SMILES string of the molecule is O=C(Cc1nc(-c2ccccn2)n[nH]1)NC1CCCCCC1. The van der Waals surface area contributed by atoms with Crippen molar-refractivity contribution < 1.29 is 4.79 Å². The standard InChI is InChI=1S/C16H21N5O/c22-15(18-12-7-3-1-2-4-8-12)11-14-19-16(21-20-14)13-9-5-6-10-17-13/h5-6,9-10,12H,1-4,7-8,11H2,(H,18,22)(H,19,20,21). The number of rotatable bonds is 4. The number of aromatic nitrogens is 4. The molecular weight excluding hydrogens is 278 g/mol. The van der Waals surface area contributed by atoms with Crippen LogP contribution >= 0.6 is 0 Å². The molecule has 116 valence electrons. The van der Waals surface area contributed by atoms with Crippen LogP contribution in [0, 0.1) is 0 Å². The summed E-state index contributed by atoms with van der Waals surface area (Å²) in [5, 5.41) is 10.1. The number of carbonyl (C=O) groups is 1. The van der Waals surface area contributed by atoms with E-state index in [0.29, 0.717) is 23.4 Å². The number of aromatic amines is 1. The van der Waals surface area contributed by atoms with E-state index in [2.05, 4.69) is 25.5 Å². The Morgan fingerprint density at radius 2 is 2.05 bits per heavy atom. The van der Waals surface area contributed by atoms with E-state index < -0.39 is 0 Å². The van der Waals surface area contributed by atoms with Gasteiger partial charge in [-0.3, -0.25) is 14.9 Å². The molecule has 2 aromatic rings. The highest BCUT2D eigenvalue weighted by molar-refractivity contribution is 5.78. The molecule has 6 heteroatoms. The first-order valence-electron chi connectivity index (χ1n) is 7.93. The third-order valence-electron chi connectivity index (χ3n) is 3.97. The van der Waals surface area contributed by atoms with Crippen LogP contribution in [0.3, 0.4) is 0 Å². The van der Waals surface area contributed by atoms with Gasteiger partial charge in [-0.2, -0.15) is 5.10 Å². The highest BCUT2D eigenvalue weighted by Crippen LogP contribution is 2.17. The second-order valence-corrected chi connectivity index (χ2v) is 5.75. The number of carbonyl (C=O) groups excluding carboxylic acids is 1. The lowest BCUT2D eigenvalue weighted by molar-refractivity contribution is -0.121. The van der Waals surface area contributed by atoms with Gasteiger partial charge in [0.15, 0.2) is 5.82 Å². The Labute approximate surface area is 129 Å². The molecule has 1 fully saturated rings. The van der Waals surface area contributed by atoms with Gasteiger partial charge in [-0.05, 0) is 25.0 Å². The molecule has 1 saturated carbocycles. The lowest BCUT2D eigenvalue weighted by atomic mass is 10.1. The number of pyridine rings is 1. The molecular formula is C16H21N5O. The number of H-pyrrole nitrogens is 1. The monoisotopic (exact) mass is 299 g/mol. The van der Waals surface area contributed by atoms with Crippen LogP contribution in [0.15, 0.2) is 24.4 Å². The summed E-state index contributed by atoms with van der Waals surface area (Å²) < 4.78 is 0. The second kappa shape index (κ2) is 7.15. The highest BCUT2D eigenvalue weighted by Gasteiger charge is 2.16. The predicted octanol–water partition coefficient (Wildman–Crippen LogP) is 2.25. The molecule has 1 aliphatic carbocycles. The van der Waals surface area contributed by atoms with Crippen molar-refractivity contribution in [3.63, 3.8) is 0 Å². The van der Waals surface area contributed by atoms with Crippen LogP contribution in [0.5, 0.6) is 0 Å². The van der Waals surface area contributed by atoms with Crippen LogP contribution < -0.4 is 5.32 Å². The maximum atomic E-state index is 12.1. The van der Waals surface area contributed by atoms with Crippen molar-refractivity contribution in [3.05, 3.63) is 30.2 Å². The molecule has 2 heterocycles. The van der Waals surface area contributed by atoms with Crippen molar-refractivity contribution in [2.24, 2.45) is 0 Å². The normalized spacial score (nSPS) is 16.2. The van der Waals surface area contributed by atoms with Crippen molar-refractivity contribution >= 4 is 5.91 Å². The van der Waals surface area contributed by atoms with Crippen molar-refractivity contribution in [2.75, 3.05) is 0 Å². The van der Waals surface area contributed by atoms with Gasteiger partial charge in [-0.15, -0.1) is 0 Å². The Morgan fingerprint density at radius 3 is 2.77 bits per heavy atom. The summed E-state index contributed by atoms with van der Waals surface area (Å²) in [4.78, 5) is 20.7. The van der Waals surface area contributed by atoms with Gasteiger partial charge in [0.1, 0.15) is 11.5 Å². The van der Waals surface area contributed by atoms with Crippen LogP contribution in [0.2, 0.25) is 0 Å². The van der Waals surface area contributed by atoms with Crippen LogP contribution in [0.1, 0.15) is 44.3 Å². The molecule has 0 saturated heterocycles. The number of nitrogens with one attached hydrogen (secondary N) is 2. The lowest BCUT2D eigenvalue weighted by Gasteiger charge is -2.15. The molecule has 0 radical (unpaired) electrons. The topological polar surface area (TPSA) is 83.6 Å². The Bertz CT molecular complexity index is 602. The number of nitrogens with zero attached hydrogens (tertiary/aromatic N) is 3. The molecule has 1 aliphatic rings. The maximum Gasteiger partial charge on any atom is 0.227 e. The van der Waals surface area contributed by atoms with E-state index in [4.69, 9.17) is 0 Å². The van der Waals surface area contributed by atoms with Gasteiger partial charge in [0.25, 0.3) is 0 Å². The van der Waals surface area contributed by atoms with Gasteiger partial charge in [-0.1, -0.05) is 31.7 Å². The first-order valence-corrected chi connectivity index (χ1v) is 7.93. The minimum Gasteiger partial charge on any atom is -0.353 e. The molecule has 0 unspecified atom stereocenters. The van der Waals surface area contributed by atoms with Gasteiger partial charge < -0.3 is 5.32 Å². The molecule has 6 nitrogen and oxygen atoms in total. The summed E-state index contributed by atoms with van der Waals surface area (Å²) in [6.07, 6.45) is 9.07. The van der Waals surface area contributed by atoms with Crippen molar-refractivity contribution in [1.29, 1.82) is 0 Å². The van der Waals surface area contributed by atoms with Gasteiger partial charge in [0, 0.05) is 12.2 Å². The van der Waals surface area contributed by atoms with E-state index in [0.717, 1.165) is 12.8 Å². The Morgan fingerprint density at radius 1 is 1.23 bits per heavy atom. The quantitative estimate of drug-likeness (QED) is 0.848. The molecule has 22 heavy (non-hydrogen) atoms. The highest BCUT2D eigenvalue weighted by atomic mass is 16.1. The van der Waals surface area contributed by atoms with Crippen molar-refractivity contribution in [3.8, 4) is 11.5 Å². The zero-order valence-electron chi connectivity index (χ0n) is 12.6. The Balaban J connectivity index is 1.56. The van der Waals surface area contributed by atoms with Gasteiger partial charge in [0.05, 0.1) is 6.42 Å². The fourth-order valence-electron chi connectivity index (χ4n) is 2.84. The van der Waals surface area contributed by atoms with E-state index in [1.54, 1.807) is 6.20 Å². The summed E-state index contributed by atoms with van der Waals surface area (Å²) in [6.45, 7) is 0. The van der Waals surface area contributed by atoms with Gasteiger partial charge in [0.2, 0.25) is 5.91 Å². The van der Waals surface area contributed by atoms with E-state index in [1.807, 2.05) is 18.2 Å². The molecule has 1 amide bonds. The van der Waals surface area contributed by atoms with Gasteiger partial charge in [-0.25, -0.2) is 4.98 Å². The lowest BCUT2D eigenvalue weighted by Crippen LogP contribution is -2.35. The summed E-state index contributed by atoms with van der Waals surface area (Å²) in [7, 11) is 0. The first kappa shape index (κ1) is 14.7. The van der Waals surface area contributed by atoms with Crippen LogP contribution in [-0.4, -0.2) is 32.1 Å². The average Bonchev–Trinajstić information content (AvgIpc) is 2.84. The average molecular weight is 299 g/mol. The van der Waals surface area contributed by atoms with Crippen LogP contribution in [0.4, 0.5) is 0 Å². The molecule has 0 atom stereocenters. The first-order chi connectivity index (χ1) is 10.8.